The highest BCUT2D eigenvalue weighted by atomic mass is 16.5. The van der Waals surface area contributed by atoms with Gasteiger partial charge in [0.25, 0.3) is 0 Å². The molecule has 0 aliphatic heterocycles. The van der Waals surface area contributed by atoms with Crippen molar-refractivity contribution in [2.45, 2.75) is 63.5 Å². The van der Waals surface area contributed by atoms with Crippen molar-refractivity contribution < 1.29 is 24.2 Å². The number of carbonyl (C=O) groups excluding carboxylic acids is 2. The van der Waals surface area contributed by atoms with Crippen LogP contribution in [-0.4, -0.2) is 41.8 Å². The van der Waals surface area contributed by atoms with Crippen molar-refractivity contribution in [2.24, 2.45) is 5.92 Å². The molecule has 2 aromatic rings. The Hall–Kier alpha value is -3.35. The van der Waals surface area contributed by atoms with Crippen molar-refractivity contribution in [3.8, 4) is 11.1 Å². The molecular formula is C27H32N2O5. The molecule has 1 saturated carbocycles. The first-order valence-corrected chi connectivity index (χ1v) is 12.1. The summed E-state index contributed by atoms with van der Waals surface area (Å²) in [7, 11) is 0. The van der Waals surface area contributed by atoms with Gasteiger partial charge in [0.1, 0.15) is 12.6 Å². The molecule has 34 heavy (non-hydrogen) atoms. The Bertz CT molecular complexity index is 1010. The molecule has 2 amide bonds. The number of aliphatic carboxylic acids is 1. The van der Waals surface area contributed by atoms with Gasteiger partial charge in [0.05, 0.1) is 0 Å². The van der Waals surface area contributed by atoms with E-state index in [0.29, 0.717) is 19.3 Å². The summed E-state index contributed by atoms with van der Waals surface area (Å²) in [6, 6.07) is 15.6. The Morgan fingerprint density at radius 3 is 2.29 bits per heavy atom. The Morgan fingerprint density at radius 1 is 1.03 bits per heavy atom. The van der Waals surface area contributed by atoms with Crippen molar-refractivity contribution in [3.05, 3.63) is 59.7 Å². The molecule has 0 heterocycles. The van der Waals surface area contributed by atoms with Crippen molar-refractivity contribution in [3.63, 3.8) is 0 Å². The van der Waals surface area contributed by atoms with Gasteiger partial charge in [-0.1, -0.05) is 61.9 Å². The van der Waals surface area contributed by atoms with E-state index in [1.165, 1.54) is 22.3 Å². The zero-order valence-corrected chi connectivity index (χ0v) is 19.5. The summed E-state index contributed by atoms with van der Waals surface area (Å²) in [6.45, 7) is 2.16. The zero-order chi connectivity index (χ0) is 24.1. The summed E-state index contributed by atoms with van der Waals surface area (Å²) >= 11 is 0. The van der Waals surface area contributed by atoms with Gasteiger partial charge < -0.3 is 20.5 Å². The molecule has 1 fully saturated rings. The van der Waals surface area contributed by atoms with Crippen LogP contribution in [-0.2, 0) is 14.3 Å². The Balaban J connectivity index is 1.25. The number of alkyl carbamates (subject to hydrolysis) is 1. The lowest BCUT2D eigenvalue weighted by Gasteiger charge is -2.17. The van der Waals surface area contributed by atoms with E-state index in [9.17, 15) is 19.5 Å². The maximum atomic E-state index is 12.5. The minimum atomic E-state index is -1.00. The quantitative estimate of drug-likeness (QED) is 0.508. The molecule has 2 aromatic carbocycles. The van der Waals surface area contributed by atoms with E-state index in [2.05, 4.69) is 34.9 Å². The minimum Gasteiger partial charge on any atom is -0.480 e. The molecule has 7 nitrogen and oxygen atoms in total. The summed E-state index contributed by atoms with van der Waals surface area (Å²) in [4.78, 5) is 36.1. The summed E-state index contributed by atoms with van der Waals surface area (Å²) in [5.74, 6) is -1.11. The lowest BCUT2D eigenvalue weighted by Crippen LogP contribution is -2.41. The van der Waals surface area contributed by atoms with Gasteiger partial charge in [0.2, 0.25) is 5.91 Å². The van der Waals surface area contributed by atoms with Crippen LogP contribution in [0.25, 0.3) is 11.1 Å². The third-order valence-electron chi connectivity index (χ3n) is 6.89. The molecule has 2 aliphatic carbocycles. The topological polar surface area (TPSA) is 105 Å². The summed E-state index contributed by atoms with van der Waals surface area (Å²) in [5.41, 5.74) is 4.72. The molecule has 0 unspecified atom stereocenters. The number of nitrogens with one attached hydrogen (secondary N) is 2. The highest BCUT2D eigenvalue weighted by Gasteiger charge is 2.31. The molecule has 4 rings (SSSR count). The molecule has 3 N–H and O–H groups in total. The van der Waals surface area contributed by atoms with E-state index >= 15 is 0 Å². The van der Waals surface area contributed by atoms with Gasteiger partial charge >= 0.3 is 12.1 Å². The Kier molecular flexibility index (Phi) is 7.50. The second-order valence-electron chi connectivity index (χ2n) is 9.30. The van der Waals surface area contributed by atoms with Crippen LogP contribution in [0, 0.1) is 5.92 Å². The molecule has 3 atom stereocenters. The lowest BCUT2D eigenvalue weighted by atomic mass is 9.98. The van der Waals surface area contributed by atoms with E-state index in [-0.39, 0.29) is 36.8 Å². The first-order valence-electron chi connectivity index (χ1n) is 12.1. The van der Waals surface area contributed by atoms with Gasteiger partial charge in [-0.2, -0.15) is 0 Å². The van der Waals surface area contributed by atoms with Crippen LogP contribution in [0.1, 0.15) is 62.5 Å². The van der Waals surface area contributed by atoms with Crippen molar-refractivity contribution in [1.82, 2.24) is 10.6 Å². The smallest absolute Gasteiger partial charge is 0.407 e. The van der Waals surface area contributed by atoms with Gasteiger partial charge in [-0.15, -0.1) is 0 Å². The van der Waals surface area contributed by atoms with Crippen LogP contribution in [0.4, 0.5) is 4.79 Å². The number of rotatable bonds is 9. The van der Waals surface area contributed by atoms with Crippen LogP contribution in [0.2, 0.25) is 0 Å². The molecule has 0 saturated heterocycles. The van der Waals surface area contributed by atoms with Crippen molar-refractivity contribution in [1.29, 1.82) is 0 Å². The van der Waals surface area contributed by atoms with Crippen molar-refractivity contribution >= 4 is 18.0 Å². The predicted octanol–water partition coefficient (Wildman–Crippen LogP) is 4.45. The van der Waals surface area contributed by atoms with E-state index in [0.717, 1.165) is 12.8 Å². The maximum absolute atomic E-state index is 12.5. The van der Waals surface area contributed by atoms with Gasteiger partial charge in [0.15, 0.2) is 0 Å². The summed E-state index contributed by atoms with van der Waals surface area (Å²) in [5, 5.41) is 14.8. The van der Waals surface area contributed by atoms with Gasteiger partial charge in [-0.3, -0.25) is 4.79 Å². The SMILES string of the molecule is CCC[C@H](NC(=O)C[C@H]1CC[C@@H](NC(=O)OCC2c3ccccc3-c3ccccc32)C1)C(=O)O. The first kappa shape index (κ1) is 23.8. The number of fused-ring (bicyclic) bond motifs is 3. The molecule has 2 aliphatic rings. The highest BCUT2D eigenvalue weighted by Crippen LogP contribution is 2.44. The number of carboxylic acid groups (broad SMARTS) is 1. The molecule has 0 spiro atoms. The Morgan fingerprint density at radius 2 is 1.68 bits per heavy atom. The standard InChI is InChI=1S/C27H32N2O5/c1-2-7-24(26(31)32)29-25(30)15-17-12-13-18(14-17)28-27(33)34-16-23-21-10-5-3-8-19(21)20-9-4-6-11-22(20)23/h3-6,8-11,17-18,23-24H,2,7,12-16H2,1H3,(H,28,33)(H,29,30)(H,31,32)/t17-,18+,24-/m0/s1. The van der Waals surface area contributed by atoms with Gasteiger partial charge in [-0.25, -0.2) is 9.59 Å². The fraction of sp³-hybridized carbons (Fsp3) is 0.444. The van der Waals surface area contributed by atoms with Crippen LogP contribution < -0.4 is 10.6 Å². The zero-order valence-electron chi connectivity index (χ0n) is 19.5. The normalized spacial score (nSPS) is 19.7. The molecule has 0 bridgehead atoms. The number of ether oxygens (including phenoxy) is 1. The maximum Gasteiger partial charge on any atom is 0.407 e. The monoisotopic (exact) mass is 464 g/mol. The summed E-state index contributed by atoms with van der Waals surface area (Å²) < 4.78 is 5.63. The predicted molar refractivity (Wildman–Crippen MR) is 128 cm³/mol. The number of carboxylic acids is 1. The minimum absolute atomic E-state index is 0.0171. The fourth-order valence-electron chi connectivity index (χ4n) is 5.26. The van der Waals surface area contributed by atoms with Crippen molar-refractivity contribution in [2.75, 3.05) is 6.61 Å². The van der Waals surface area contributed by atoms with Crippen LogP contribution >= 0.6 is 0 Å². The third kappa shape index (κ3) is 5.41. The van der Waals surface area contributed by atoms with E-state index in [1.54, 1.807) is 0 Å². The van der Waals surface area contributed by atoms with E-state index in [4.69, 9.17) is 4.74 Å². The highest BCUT2D eigenvalue weighted by molar-refractivity contribution is 5.83. The molecule has 0 radical (unpaired) electrons. The van der Waals surface area contributed by atoms with Crippen LogP contribution in [0.15, 0.2) is 48.5 Å². The largest absolute Gasteiger partial charge is 0.480 e. The molecule has 7 heteroatoms. The van der Waals surface area contributed by atoms with Gasteiger partial charge in [-0.05, 0) is 53.9 Å². The average Bonchev–Trinajstić information content (AvgIpc) is 3.39. The second kappa shape index (κ2) is 10.7. The third-order valence-corrected chi connectivity index (χ3v) is 6.89. The second-order valence-corrected chi connectivity index (χ2v) is 9.30. The molecule has 180 valence electrons. The van der Waals surface area contributed by atoms with E-state index in [1.807, 2.05) is 31.2 Å². The number of hydrogen-bond acceptors (Lipinski definition) is 4. The van der Waals surface area contributed by atoms with Crippen LogP contribution in [0.3, 0.4) is 0 Å². The van der Waals surface area contributed by atoms with E-state index < -0.39 is 18.1 Å². The number of carbonyl (C=O) groups is 3. The van der Waals surface area contributed by atoms with Gasteiger partial charge in [0, 0.05) is 18.4 Å². The lowest BCUT2D eigenvalue weighted by molar-refractivity contribution is -0.142. The molecule has 0 aromatic heterocycles. The number of hydrogen-bond donors (Lipinski definition) is 3. The average molecular weight is 465 g/mol. The first-order chi connectivity index (χ1) is 16.5. The summed E-state index contributed by atoms with van der Waals surface area (Å²) in [6.07, 6.45) is 3.21. The van der Waals surface area contributed by atoms with Crippen LogP contribution in [0.5, 0.6) is 0 Å². The molecular weight excluding hydrogens is 432 g/mol. The number of benzene rings is 2. The Labute approximate surface area is 199 Å². The number of amides is 2. The fourth-order valence-corrected chi connectivity index (χ4v) is 5.26.